The van der Waals surface area contributed by atoms with Crippen LogP contribution in [0, 0.1) is 0 Å². The molecule has 1 rings (SSSR count). The predicted molar refractivity (Wildman–Crippen MR) is 79.8 cm³/mol. The van der Waals surface area contributed by atoms with Gasteiger partial charge in [-0.05, 0) is 5.56 Å². The Kier molecular flexibility index (Phi) is 8.05. The van der Waals surface area contributed by atoms with Crippen LogP contribution >= 0.6 is 0 Å². The molecule has 23 heavy (non-hydrogen) atoms. The normalized spacial score (nSPS) is 13.8. The lowest BCUT2D eigenvalue weighted by molar-refractivity contribution is -0.0453. The summed E-state index contributed by atoms with van der Waals surface area (Å²) in [6.45, 7) is -0.217. The second kappa shape index (κ2) is 9.27. The summed E-state index contributed by atoms with van der Waals surface area (Å²) in [5, 5.41) is 0. The zero-order chi connectivity index (χ0) is 17.3. The number of hydrogen-bond acceptors (Lipinski definition) is 7. The fraction of sp³-hybridized carbons (Fsp3) is 0.500. The van der Waals surface area contributed by atoms with Gasteiger partial charge in [-0.1, -0.05) is 30.3 Å². The Bertz CT molecular complexity index is 655. The highest BCUT2D eigenvalue weighted by molar-refractivity contribution is 7.85. The van der Waals surface area contributed by atoms with Gasteiger partial charge in [0, 0.05) is 0 Å². The minimum absolute atomic E-state index is 0.101. The lowest BCUT2D eigenvalue weighted by atomic mass is 10.2. The van der Waals surface area contributed by atoms with E-state index in [1.807, 2.05) is 30.3 Å². The topological polar surface area (TPSA) is 136 Å². The van der Waals surface area contributed by atoms with Gasteiger partial charge >= 0.3 is 0 Å². The third-order valence-corrected chi connectivity index (χ3v) is 3.30. The molecule has 0 aromatic heterocycles. The van der Waals surface area contributed by atoms with Crippen molar-refractivity contribution in [1.82, 2.24) is 0 Å². The Hall–Kier alpha value is -1.08. The van der Waals surface area contributed by atoms with E-state index in [0.717, 1.165) is 5.56 Å². The molecule has 0 saturated heterocycles. The predicted octanol–water partition coefficient (Wildman–Crippen LogP) is 0.296. The SMILES string of the molecule is O=S(=O)(O)COC[C@H](COCc1ccccc1)OCS(=O)(=O)O. The molecule has 1 atom stereocenters. The number of ether oxygens (including phenoxy) is 3. The molecule has 0 bridgehead atoms. The smallest absolute Gasteiger partial charge is 0.289 e. The van der Waals surface area contributed by atoms with Gasteiger partial charge in [-0.15, -0.1) is 0 Å². The number of hydrogen-bond donors (Lipinski definition) is 2. The highest BCUT2D eigenvalue weighted by atomic mass is 32.2. The van der Waals surface area contributed by atoms with Crippen molar-refractivity contribution in [2.24, 2.45) is 0 Å². The van der Waals surface area contributed by atoms with Crippen LogP contribution in [0.5, 0.6) is 0 Å². The van der Waals surface area contributed by atoms with Crippen molar-refractivity contribution in [1.29, 1.82) is 0 Å². The summed E-state index contributed by atoms with van der Waals surface area (Å²) in [7, 11) is -8.66. The van der Waals surface area contributed by atoms with Crippen molar-refractivity contribution >= 4 is 20.2 Å². The lowest BCUT2D eigenvalue weighted by Crippen LogP contribution is -2.29. The Morgan fingerprint density at radius 3 is 2.00 bits per heavy atom. The van der Waals surface area contributed by atoms with Crippen molar-refractivity contribution in [2.45, 2.75) is 12.7 Å². The molecule has 0 aliphatic heterocycles. The standard InChI is InChI=1S/C12H18O9S2/c13-22(14,15)9-20-8-12(21-10-23(16,17)18)7-19-6-11-4-2-1-3-5-11/h1-5,12H,6-10H2,(H,13,14,15)(H,16,17,18)/t12-/m0/s1. The van der Waals surface area contributed by atoms with Crippen LogP contribution in [-0.2, 0) is 41.1 Å². The summed E-state index contributed by atoms with van der Waals surface area (Å²) < 4.78 is 74.6. The second-order valence-corrected chi connectivity index (χ2v) is 7.36. The summed E-state index contributed by atoms with van der Waals surface area (Å²) in [4.78, 5) is 0. The first kappa shape index (κ1) is 20.0. The van der Waals surface area contributed by atoms with Crippen LogP contribution in [0.15, 0.2) is 30.3 Å². The first-order valence-electron chi connectivity index (χ1n) is 6.37. The highest BCUT2D eigenvalue weighted by Crippen LogP contribution is 2.04. The average molecular weight is 370 g/mol. The maximum Gasteiger partial charge on any atom is 0.289 e. The molecule has 0 amide bonds. The summed E-state index contributed by atoms with van der Waals surface area (Å²) in [5.41, 5.74) is 0.875. The third kappa shape index (κ3) is 11.1. The molecule has 1 aromatic carbocycles. The van der Waals surface area contributed by atoms with E-state index in [1.165, 1.54) is 0 Å². The van der Waals surface area contributed by atoms with E-state index in [9.17, 15) is 16.8 Å². The van der Waals surface area contributed by atoms with Crippen LogP contribution in [-0.4, -0.2) is 57.1 Å². The fourth-order valence-electron chi connectivity index (χ4n) is 1.49. The molecule has 0 spiro atoms. The van der Waals surface area contributed by atoms with E-state index in [1.54, 1.807) is 0 Å². The zero-order valence-electron chi connectivity index (χ0n) is 12.1. The minimum atomic E-state index is -4.35. The van der Waals surface area contributed by atoms with Gasteiger partial charge in [-0.25, -0.2) is 0 Å². The fourth-order valence-corrected chi connectivity index (χ4v) is 2.17. The van der Waals surface area contributed by atoms with Gasteiger partial charge in [-0.2, -0.15) is 16.8 Å². The van der Waals surface area contributed by atoms with E-state index in [2.05, 4.69) is 0 Å². The van der Waals surface area contributed by atoms with Crippen molar-refractivity contribution < 1.29 is 40.2 Å². The quantitative estimate of drug-likeness (QED) is 0.527. The van der Waals surface area contributed by atoms with Crippen LogP contribution < -0.4 is 0 Å². The largest absolute Gasteiger partial charge is 0.374 e. The van der Waals surface area contributed by atoms with Crippen LogP contribution in [0.3, 0.4) is 0 Å². The Balaban J connectivity index is 2.45. The van der Waals surface area contributed by atoms with Gasteiger partial charge in [0.1, 0.15) is 6.10 Å². The second-order valence-electron chi connectivity index (χ2n) is 4.56. The first-order chi connectivity index (χ1) is 10.7. The maximum atomic E-state index is 10.7. The highest BCUT2D eigenvalue weighted by Gasteiger charge is 2.16. The monoisotopic (exact) mass is 370 g/mol. The molecular formula is C12H18O9S2. The van der Waals surface area contributed by atoms with Gasteiger partial charge in [0.2, 0.25) is 0 Å². The van der Waals surface area contributed by atoms with Crippen molar-refractivity contribution in [3.8, 4) is 0 Å². The summed E-state index contributed by atoms with van der Waals surface area (Å²) in [6.07, 6.45) is -0.942. The first-order valence-corrected chi connectivity index (χ1v) is 9.59. The van der Waals surface area contributed by atoms with Gasteiger partial charge in [0.15, 0.2) is 11.9 Å². The van der Waals surface area contributed by atoms with E-state index in [-0.39, 0.29) is 19.8 Å². The summed E-state index contributed by atoms with van der Waals surface area (Å²) in [5.74, 6) is -1.95. The molecule has 0 fully saturated rings. The van der Waals surface area contributed by atoms with Crippen molar-refractivity contribution in [3.63, 3.8) is 0 Å². The van der Waals surface area contributed by atoms with Crippen LogP contribution in [0.2, 0.25) is 0 Å². The van der Waals surface area contributed by atoms with E-state index in [0.29, 0.717) is 0 Å². The summed E-state index contributed by atoms with van der Waals surface area (Å²) >= 11 is 0. The van der Waals surface area contributed by atoms with Gasteiger partial charge in [0.25, 0.3) is 20.2 Å². The molecule has 0 aliphatic carbocycles. The zero-order valence-corrected chi connectivity index (χ0v) is 13.7. The third-order valence-electron chi connectivity index (χ3n) is 2.40. The van der Waals surface area contributed by atoms with Crippen LogP contribution in [0.1, 0.15) is 5.56 Å². The molecule has 0 heterocycles. The molecule has 0 saturated carbocycles. The van der Waals surface area contributed by atoms with Crippen molar-refractivity contribution in [3.05, 3.63) is 35.9 Å². The van der Waals surface area contributed by atoms with Crippen molar-refractivity contribution in [2.75, 3.05) is 25.1 Å². The molecule has 2 N–H and O–H groups in total. The molecular weight excluding hydrogens is 352 g/mol. The van der Waals surface area contributed by atoms with Gasteiger partial charge in [-0.3, -0.25) is 9.11 Å². The molecule has 0 unspecified atom stereocenters. The molecule has 0 radical (unpaired) electrons. The summed E-state index contributed by atoms with van der Waals surface area (Å²) in [6, 6.07) is 9.12. The Morgan fingerprint density at radius 2 is 1.43 bits per heavy atom. The van der Waals surface area contributed by atoms with E-state index < -0.39 is 38.2 Å². The number of benzene rings is 1. The van der Waals surface area contributed by atoms with Crippen LogP contribution in [0.4, 0.5) is 0 Å². The van der Waals surface area contributed by atoms with E-state index >= 15 is 0 Å². The van der Waals surface area contributed by atoms with Gasteiger partial charge in [0.05, 0.1) is 19.8 Å². The lowest BCUT2D eigenvalue weighted by Gasteiger charge is -2.17. The average Bonchev–Trinajstić information content (AvgIpc) is 2.43. The molecule has 9 nitrogen and oxygen atoms in total. The molecule has 11 heteroatoms. The van der Waals surface area contributed by atoms with Crippen LogP contribution in [0.25, 0.3) is 0 Å². The number of rotatable bonds is 11. The Morgan fingerprint density at radius 1 is 0.870 bits per heavy atom. The maximum absolute atomic E-state index is 10.7. The Labute approximate surface area is 134 Å². The molecule has 1 aromatic rings. The molecule has 132 valence electrons. The van der Waals surface area contributed by atoms with Gasteiger partial charge < -0.3 is 14.2 Å². The molecule has 0 aliphatic rings. The van der Waals surface area contributed by atoms with E-state index in [4.69, 9.17) is 23.3 Å². The minimum Gasteiger partial charge on any atom is -0.374 e.